The molecular formula is C12H21NO. The van der Waals surface area contributed by atoms with E-state index in [1.165, 1.54) is 19.3 Å². The second-order valence-corrected chi connectivity index (χ2v) is 5.41. The maximum atomic E-state index is 11.6. The zero-order valence-electron chi connectivity index (χ0n) is 9.25. The quantitative estimate of drug-likeness (QED) is 0.696. The van der Waals surface area contributed by atoms with Gasteiger partial charge in [0.1, 0.15) is 5.78 Å². The molecule has 2 nitrogen and oxygen atoms in total. The van der Waals surface area contributed by atoms with E-state index in [-0.39, 0.29) is 5.41 Å². The summed E-state index contributed by atoms with van der Waals surface area (Å²) in [6, 6.07) is 0.345. The standard InChI is InChI=1S/C12H21NO/c1-8(14)9-5-6-10-11(13)4-3-7-12(9,10)2/h9-11H,3-7,13H2,1-2H3. The fourth-order valence-corrected chi connectivity index (χ4v) is 3.91. The Labute approximate surface area is 86.2 Å². The Balaban J connectivity index is 2.24. The average molecular weight is 195 g/mol. The van der Waals surface area contributed by atoms with Crippen molar-refractivity contribution in [1.29, 1.82) is 0 Å². The summed E-state index contributed by atoms with van der Waals surface area (Å²) in [6.07, 6.45) is 5.81. The van der Waals surface area contributed by atoms with Crippen LogP contribution < -0.4 is 5.73 Å². The molecule has 2 heteroatoms. The number of hydrogen-bond donors (Lipinski definition) is 1. The zero-order valence-corrected chi connectivity index (χ0v) is 9.25. The van der Waals surface area contributed by atoms with Crippen LogP contribution in [0.2, 0.25) is 0 Å². The third-order valence-corrected chi connectivity index (χ3v) is 4.67. The number of hydrogen-bond acceptors (Lipinski definition) is 2. The Morgan fingerprint density at radius 3 is 2.71 bits per heavy atom. The van der Waals surface area contributed by atoms with Gasteiger partial charge in [-0.25, -0.2) is 0 Å². The van der Waals surface area contributed by atoms with E-state index in [2.05, 4.69) is 6.92 Å². The first-order chi connectivity index (χ1) is 6.55. The monoisotopic (exact) mass is 195 g/mol. The molecule has 4 atom stereocenters. The molecule has 0 amide bonds. The largest absolute Gasteiger partial charge is 0.327 e. The zero-order chi connectivity index (χ0) is 10.3. The van der Waals surface area contributed by atoms with E-state index in [1.807, 2.05) is 0 Å². The lowest BCUT2D eigenvalue weighted by molar-refractivity contribution is -0.125. The van der Waals surface area contributed by atoms with Crippen LogP contribution in [-0.4, -0.2) is 11.8 Å². The van der Waals surface area contributed by atoms with Crippen LogP contribution in [0.15, 0.2) is 0 Å². The molecule has 0 aromatic rings. The Kier molecular flexibility index (Phi) is 2.42. The number of carbonyl (C=O) groups is 1. The van der Waals surface area contributed by atoms with Crippen LogP contribution in [0.1, 0.15) is 46.0 Å². The smallest absolute Gasteiger partial charge is 0.133 e. The van der Waals surface area contributed by atoms with Crippen LogP contribution in [0.3, 0.4) is 0 Å². The van der Waals surface area contributed by atoms with Crippen molar-refractivity contribution in [1.82, 2.24) is 0 Å². The number of nitrogens with two attached hydrogens (primary N) is 1. The van der Waals surface area contributed by atoms with Crippen molar-refractivity contribution in [2.24, 2.45) is 23.0 Å². The number of carbonyl (C=O) groups excluding carboxylic acids is 1. The highest BCUT2D eigenvalue weighted by Crippen LogP contribution is 2.55. The molecule has 0 radical (unpaired) electrons. The van der Waals surface area contributed by atoms with Gasteiger partial charge in [0.05, 0.1) is 0 Å². The molecule has 0 bridgehead atoms. The van der Waals surface area contributed by atoms with E-state index in [4.69, 9.17) is 5.73 Å². The molecule has 2 N–H and O–H groups in total. The Hall–Kier alpha value is -0.370. The second-order valence-electron chi connectivity index (χ2n) is 5.41. The molecule has 2 aliphatic carbocycles. The molecule has 80 valence electrons. The minimum Gasteiger partial charge on any atom is -0.327 e. The number of ketones is 1. The fraction of sp³-hybridized carbons (Fsp3) is 0.917. The Bertz CT molecular complexity index is 251. The van der Waals surface area contributed by atoms with Gasteiger partial charge in [-0.1, -0.05) is 13.3 Å². The molecule has 0 aliphatic heterocycles. The van der Waals surface area contributed by atoms with Crippen LogP contribution in [0.25, 0.3) is 0 Å². The van der Waals surface area contributed by atoms with E-state index in [0.29, 0.717) is 23.7 Å². The summed E-state index contributed by atoms with van der Waals surface area (Å²) < 4.78 is 0. The van der Waals surface area contributed by atoms with Gasteiger partial charge in [-0.15, -0.1) is 0 Å². The van der Waals surface area contributed by atoms with E-state index in [0.717, 1.165) is 12.8 Å². The highest BCUT2D eigenvalue weighted by atomic mass is 16.1. The number of Topliss-reactive ketones (excluding diaryl/α,β-unsaturated/α-hetero) is 1. The molecule has 4 unspecified atom stereocenters. The van der Waals surface area contributed by atoms with Crippen molar-refractivity contribution in [2.45, 2.75) is 52.0 Å². The highest BCUT2D eigenvalue weighted by molar-refractivity contribution is 5.79. The van der Waals surface area contributed by atoms with Gasteiger partial charge in [0.2, 0.25) is 0 Å². The highest BCUT2D eigenvalue weighted by Gasteiger charge is 2.51. The molecule has 14 heavy (non-hydrogen) atoms. The molecule has 2 saturated carbocycles. The third kappa shape index (κ3) is 1.31. The molecule has 0 heterocycles. The van der Waals surface area contributed by atoms with Crippen LogP contribution in [-0.2, 0) is 4.79 Å². The Morgan fingerprint density at radius 1 is 1.36 bits per heavy atom. The van der Waals surface area contributed by atoms with E-state index in [1.54, 1.807) is 6.92 Å². The van der Waals surface area contributed by atoms with Crippen molar-refractivity contribution in [3.8, 4) is 0 Å². The first-order valence-electron chi connectivity index (χ1n) is 5.82. The maximum Gasteiger partial charge on any atom is 0.133 e. The topological polar surface area (TPSA) is 43.1 Å². The van der Waals surface area contributed by atoms with Gasteiger partial charge >= 0.3 is 0 Å². The molecule has 0 aromatic carbocycles. The molecular weight excluding hydrogens is 174 g/mol. The molecule has 2 fully saturated rings. The molecule has 0 saturated heterocycles. The van der Waals surface area contributed by atoms with E-state index < -0.39 is 0 Å². The van der Waals surface area contributed by atoms with Gasteiger partial charge in [-0.2, -0.15) is 0 Å². The van der Waals surface area contributed by atoms with E-state index >= 15 is 0 Å². The fourth-order valence-electron chi connectivity index (χ4n) is 3.91. The lowest BCUT2D eigenvalue weighted by atomic mass is 9.63. The summed E-state index contributed by atoms with van der Waals surface area (Å²) in [6.45, 7) is 4.04. The van der Waals surface area contributed by atoms with Crippen molar-refractivity contribution < 1.29 is 4.79 Å². The lowest BCUT2D eigenvalue weighted by Gasteiger charge is -2.43. The molecule has 2 aliphatic rings. The van der Waals surface area contributed by atoms with Crippen molar-refractivity contribution in [2.75, 3.05) is 0 Å². The summed E-state index contributed by atoms with van der Waals surface area (Å²) in [7, 11) is 0. The predicted octanol–water partition coefficient (Wildman–Crippen LogP) is 2.12. The summed E-state index contributed by atoms with van der Waals surface area (Å²) in [5.74, 6) is 1.27. The Morgan fingerprint density at radius 2 is 2.07 bits per heavy atom. The van der Waals surface area contributed by atoms with Gasteiger partial charge in [0, 0.05) is 12.0 Å². The molecule has 2 rings (SSSR count). The minimum absolute atomic E-state index is 0.226. The van der Waals surface area contributed by atoms with Gasteiger partial charge < -0.3 is 5.73 Å². The SMILES string of the molecule is CC(=O)C1CCC2C(N)CCCC12C. The van der Waals surface area contributed by atoms with Crippen LogP contribution in [0, 0.1) is 17.3 Å². The van der Waals surface area contributed by atoms with Crippen molar-refractivity contribution in [3.05, 3.63) is 0 Å². The van der Waals surface area contributed by atoms with Gasteiger partial charge in [0.25, 0.3) is 0 Å². The first kappa shape index (κ1) is 10.2. The van der Waals surface area contributed by atoms with Gasteiger partial charge in [-0.05, 0) is 43.9 Å². The normalized spacial score (nSPS) is 47.5. The maximum absolute atomic E-state index is 11.6. The van der Waals surface area contributed by atoms with Crippen molar-refractivity contribution >= 4 is 5.78 Å². The number of rotatable bonds is 1. The number of fused-ring (bicyclic) bond motifs is 1. The van der Waals surface area contributed by atoms with Crippen molar-refractivity contribution in [3.63, 3.8) is 0 Å². The van der Waals surface area contributed by atoms with Gasteiger partial charge in [-0.3, -0.25) is 4.79 Å². The van der Waals surface area contributed by atoms with Crippen LogP contribution in [0.4, 0.5) is 0 Å². The minimum atomic E-state index is 0.226. The summed E-state index contributed by atoms with van der Waals surface area (Å²) in [5.41, 5.74) is 6.38. The predicted molar refractivity (Wildman–Crippen MR) is 56.8 cm³/mol. The second kappa shape index (κ2) is 3.34. The van der Waals surface area contributed by atoms with Crippen LogP contribution >= 0.6 is 0 Å². The third-order valence-electron chi connectivity index (χ3n) is 4.67. The lowest BCUT2D eigenvalue weighted by Crippen LogP contribution is -2.45. The van der Waals surface area contributed by atoms with Crippen LogP contribution in [0.5, 0.6) is 0 Å². The molecule has 0 spiro atoms. The molecule has 0 aromatic heterocycles. The first-order valence-corrected chi connectivity index (χ1v) is 5.82. The summed E-state index contributed by atoms with van der Waals surface area (Å²) >= 11 is 0. The average Bonchev–Trinajstić information content (AvgIpc) is 2.43. The van der Waals surface area contributed by atoms with E-state index in [9.17, 15) is 4.79 Å². The van der Waals surface area contributed by atoms with Gasteiger partial charge in [0.15, 0.2) is 0 Å². The summed E-state index contributed by atoms with van der Waals surface area (Å²) in [5, 5.41) is 0. The summed E-state index contributed by atoms with van der Waals surface area (Å²) in [4.78, 5) is 11.6.